The first-order valence-electron chi connectivity index (χ1n) is 5.54. The Morgan fingerprint density at radius 2 is 2.36 bits per heavy atom. The zero-order valence-corrected chi connectivity index (χ0v) is 8.78. The second kappa shape index (κ2) is 4.18. The first kappa shape index (κ1) is 9.78. The van der Waals surface area contributed by atoms with E-state index in [0.717, 1.165) is 18.2 Å². The molecule has 3 unspecified atom stereocenters. The maximum Gasteiger partial charge on any atom is 0.107 e. The first-order chi connectivity index (χ1) is 6.81. The van der Waals surface area contributed by atoms with E-state index in [1.54, 1.807) is 6.26 Å². The van der Waals surface area contributed by atoms with Gasteiger partial charge < -0.3 is 10.2 Å². The Bertz CT molecular complexity index is 268. The maximum atomic E-state index is 5.80. The second-order valence-corrected chi connectivity index (χ2v) is 4.54. The Kier molecular flexibility index (Phi) is 2.92. The highest BCUT2D eigenvalue weighted by Crippen LogP contribution is 2.39. The molecule has 2 N–H and O–H groups in total. The Labute approximate surface area is 85.5 Å². The van der Waals surface area contributed by atoms with Crippen molar-refractivity contribution in [3.8, 4) is 0 Å². The Balaban J connectivity index is 2.13. The molecule has 0 spiro atoms. The van der Waals surface area contributed by atoms with E-state index in [9.17, 15) is 0 Å². The predicted molar refractivity (Wildman–Crippen MR) is 57.0 cm³/mol. The molecule has 0 saturated heterocycles. The zero-order valence-electron chi connectivity index (χ0n) is 8.78. The minimum Gasteiger partial charge on any atom is -0.469 e. The summed E-state index contributed by atoms with van der Waals surface area (Å²) in [5.74, 6) is 3.12. The van der Waals surface area contributed by atoms with Gasteiger partial charge in [-0.2, -0.15) is 0 Å². The van der Waals surface area contributed by atoms with Crippen LogP contribution in [0, 0.1) is 11.8 Å². The van der Waals surface area contributed by atoms with E-state index < -0.39 is 0 Å². The molecular weight excluding hydrogens is 174 g/mol. The van der Waals surface area contributed by atoms with Crippen LogP contribution in [0.2, 0.25) is 0 Å². The standard InChI is InChI=1S/C12H19NO/c1-9-4-5-10(8-13)11(7-9)12-3-2-6-14-12/h2-3,6,9-11H,4-5,7-8,13H2,1H3. The molecule has 2 nitrogen and oxygen atoms in total. The molecule has 1 fully saturated rings. The van der Waals surface area contributed by atoms with Crippen LogP contribution in [0.4, 0.5) is 0 Å². The Hall–Kier alpha value is -0.760. The van der Waals surface area contributed by atoms with Crippen molar-refractivity contribution in [2.45, 2.75) is 32.1 Å². The summed E-state index contributed by atoms with van der Waals surface area (Å²) >= 11 is 0. The van der Waals surface area contributed by atoms with Crippen LogP contribution in [-0.2, 0) is 0 Å². The molecule has 1 aliphatic rings. The summed E-state index contributed by atoms with van der Waals surface area (Å²) in [7, 11) is 0. The molecule has 1 aliphatic carbocycles. The van der Waals surface area contributed by atoms with Crippen molar-refractivity contribution in [1.82, 2.24) is 0 Å². The fourth-order valence-corrected chi connectivity index (χ4v) is 2.58. The number of hydrogen-bond donors (Lipinski definition) is 1. The molecule has 0 radical (unpaired) electrons. The predicted octanol–water partition coefficient (Wildman–Crippen LogP) is 2.76. The van der Waals surface area contributed by atoms with Crippen LogP contribution in [0.15, 0.2) is 22.8 Å². The topological polar surface area (TPSA) is 39.2 Å². The molecule has 14 heavy (non-hydrogen) atoms. The van der Waals surface area contributed by atoms with Crippen LogP contribution in [0.25, 0.3) is 0 Å². The summed E-state index contributed by atoms with van der Waals surface area (Å²) in [5.41, 5.74) is 5.80. The van der Waals surface area contributed by atoms with Gasteiger partial charge in [0.25, 0.3) is 0 Å². The SMILES string of the molecule is CC1CCC(CN)C(c2ccco2)C1. The summed E-state index contributed by atoms with van der Waals surface area (Å²) in [6, 6.07) is 4.06. The quantitative estimate of drug-likeness (QED) is 0.784. The van der Waals surface area contributed by atoms with Crippen LogP contribution in [0.3, 0.4) is 0 Å². The van der Waals surface area contributed by atoms with E-state index in [4.69, 9.17) is 10.2 Å². The van der Waals surface area contributed by atoms with Crippen LogP contribution in [0.1, 0.15) is 37.9 Å². The van der Waals surface area contributed by atoms with E-state index in [1.807, 2.05) is 6.07 Å². The third kappa shape index (κ3) is 1.85. The average molecular weight is 193 g/mol. The van der Waals surface area contributed by atoms with E-state index in [0.29, 0.717) is 11.8 Å². The molecule has 78 valence electrons. The molecule has 3 atom stereocenters. The third-order valence-corrected chi connectivity index (χ3v) is 3.47. The minimum absolute atomic E-state index is 0.554. The van der Waals surface area contributed by atoms with Crippen LogP contribution in [0.5, 0.6) is 0 Å². The van der Waals surface area contributed by atoms with Crippen LogP contribution < -0.4 is 5.73 Å². The Morgan fingerprint density at radius 3 is 3.00 bits per heavy atom. The van der Waals surface area contributed by atoms with E-state index in [2.05, 4.69) is 13.0 Å². The molecule has 1 aromatic rings. The highest BCUT2D eigenvalue weighted by Gasteiger charge is 2.30. The van der Waals surface area contributed by atoms with Gasteiger partial charge >= 0.3 is 0 Å². The number of nitrogens with two attached hydrogens (primary N) is 1. The highest BCUT2D eigenvalue weighted by molar-refractivity contribution is 5.08. The fraction of sp³-hybridized carbons (Fsp3) is 0.667. The summed E-state index contributed by atoms with van der Waals surface area (Å²) in [5, 5.41) is 0. The second-order valence-electron chi connectivity index (χ2n) is 4.54. The van der Waals surface area contributed by atoms with Crippen molar-refractivity contribution in [1.29, 1.82) is 0 Å². The van der Waals surface area contributed by atoms with Crippen molar-refractivity contribution >= 4 is 0 Å². The fourth-order valence-electron chi connectivity index (χ4n) is 2.58. The van der Waals surface area contributed by atoms with Crippen molar-refractivity contribution in [3.05, 3.63) is 24.2 Å². The molecule has 1 saturated carbocycles. The molecule has 2 rings (SSSR count). The molecule has 0 aliphatic heterocycles. The van der Waals surface area contributed by atoms with Crippen molar-refractivity contribution in [3.63, 3.8) is 0 Å². The molecule has 1 heterocycles. The molecule has 0 aromatic carbocycles. The lowest BCUT2D eigenvalue weighted by molar-refractivity contribution is 0.229. The van der Waals surface area contributed by atoms with Crippen molar-refractivity contribution in [2.24, 2.45) is 17.6 Å². The first-order valence-corrected chi connectivity index (χ1v) is 5.54. The van der Waals surface area contributed by atoms with Gasteiger partial charge in [-0.25, -0.2) is 0 Å². The van der Waals surface area contributed by atoms with E-state index in [1.165, 1.54) is 19.3 Å². The van der Waals surface area contributed by atoms with Gasteiger partial charge in [0.05, 0.1) is 6.26 Å². The molecule has 0 amide bonds. The van der Waals surface area contributed by atoms with E-state index >= 15 is 0 Å². The lowest BCUT2D eigenvalue weighted by atomic mass is 9.73. The van der Waals surface area contributed by atoms with Gasteiger partial charge in [-0.05, 0) is 43.4 Å². The smallest absolute Gasteiger partial charge is 0.107 e. The lowest BCUT2D eigenvalue weighted by Gasteiger charge is -2.32. The highest BCUT2D eigenvalue weighted by atomic mass is 16.3. The van der Waals surface area contributed by atoms with Gasteiger partial charge in [-0.1, -0.05) is 13.3 Å². The monoisotopic (exact) mass is 193 g/mol. The van der Waals surface area contributed by atoms with E-state index in [-0.39, 0.29) is 0 Å². The molecule has 2 heteroatoms. The number of furan rings is 1. The molecule has 0 bridgehead atoms. The van der Waals surface area contributed by atoms with Crippen molar-refractivity contribution in [2.75, 3.05) is 6.54 Å². The van der Waals surface area contributed by atoms with Gasteiger partial charge in [0, 0.05) is 5.92 Å². The van der Waals surface area contributed by atoms with Gasteiger partial charge in [0.1, 0.15) is 5.76 Å². The largest absolute Gasteiger partial charge is 0.469 e. The minimum atomic E-state index is 0.554. The molecular formula is C12H19NO. The molecule has 1 aromatic heterocycles. The summed E-state index contributed by atoms with van der Waals surface area (Å²) in [4.78, 5) is 0. The number of rotatable bonds is 2. The number of hydrogen-bond acceptors (Lipinski definition) is 2. The summed E-state index contributed by atoms with van der Waals surface area (Å²) in [6.45, 7) is 3.11. The van der Waals surface area contributed by atoms with Crippen LogP contribution in [-0.4, -0.2) is 6.54 Å². The summed E-state index contributed by atoms with van der Waals surface area (Å²) in [6.07, 6.45) is 5.57. The zero-order chi connectivity index (χ0) is 9.97. The Morgan fingerprint density at radius 1 is 1.50 bits per heavy atom. The third-order valence-electron chi connectivity index (χ3n) is 3.47. The van der Waals surface area contributed by atoms with Gasteiger partial charge in [-0.3, -0.25) is 0 Å². The van der Waals surface area contributed by atoms with Crippen LogP contribution >= 0.6 is 0 Å². The van der Waals surface area contributed by atoms with Gasteiger partial charge in [0.2, 0.25) is 0 Å². The van der Waals surface area contributed by atoms with Crippen molar-refractivity contribution < 1.29 is 4.42 Å². The van der Waals surface area contributed by atoms with Gasteiger partial charge in [-0.15, -0.1) is 0 Å². The van der Waals surface area contributed by atoms with Gasteiger partial charge in [0.15, 0.2) is 0 Å². The normalized spacial score (nSPS) is 33.1. The maximum absolute atomic E-state index is 5.80. The summed E-state index contributed by atoms with van der Waals surface area (Å²) < 4.78 is 5.50. The lowest BCUT2D eigenvalue weighted by Crippen LogP contribution is -2.27. The average Bonchev–Trinajstić information content (AvgIpc) is 2.70.